The number of hydrogen-bond acceptors (Lipinski definition) is 4. The first-order valence-electron chi connectivity index (χ1n) is 6.06. The Kier molecular flexibility index (Phi) is 4.65. The summed E-state index contributed by atoms with van der Waals surface area (Å²) in [7, 11) is 1.46. The Balaban J connectivity index is 2.06. The molecule has 0 aliphatic heterocycles. The van der Waals surface area contributed by atoms with Crippen LogP contribution < -0.4 is 10.5 Å². The average Bonchev–Trinajstić information content (AvgIpc) is 2.48. The maximum absolute atomic E-state index is 13.0. The van der Waals surface area contributed by atoms with Crippen molar-refractivity contribution in [3.63, 3.8) is 0 Å². The number of hydrogen-bond donors (Lipinski definition) is 1. The summed E-state index contributed by atoms with van der Waals surface area (Å²) in [5.41, 5.74) is 7.01. The highest BCUT2D eigenvalue weighted by molar-refractivity contribution is 6.30. The van der Waals surface area contributed by atoms with E-state index >= 15 is 0 Å². The third-order valence-corrected chi connectivity index (χ3v) is 3.11. The predicted octanol–water partition coefficient (Wildman–Crippen LogP) is 3.43. The van der Waals surface area contributed by atoms with Crippen molar-refractivity contribution in [1.82, 2.24) is 0 Å². The van der Waals surface area contributed by atoms with Gasteiger partial charge in [-0.3, -0.25) is 0 Å². The number of esters is 1. The number of methoxy groups -OCH3 is 1. The largest absolute Gasteiger partial charge is 0.495 e. The number of anilines is 1. The van der Waals surface area contributed by atoms with E-state index in [1.807, 2.05) is 0 Å². The number of halogens is 2. The Bertz CT molecular complexity index is 676. The molecule has 0 atom stereocenters. The van der Waals surface area contributed by atoms with E-state index in [-0.39, 0.29) is 11.6 Å². The van der Waals surface area contributed by atoms with Crippen LogP contribution in [0.2, 0.25) is 5.02 Å². The summed E-state index contributed by atoms with van der Waals surface area (Å²) in [5, 5.41) is -0.0160. The van der Waals surface area contributed by atoms with Gasteiger partial charge in [0, 0.05) is 0 Å². The molecule has 0 fully saturated rings. The molecule has 0 aromatic heterocycles. The summed E-state index contributed by atoms with van der Waals surface area (Å²) < 4.78 is 23.2. The smallest absolute Gasteiger partial charge is 0.338 e. The Morgan fingerprint density at radius 2 is 2.05 bits per heavy atom. The summed E-state index contributed by atoms with van der Waals surface area (Å²) in [6.07, 6.45) is 0. The molecule has 2 aromatic rings. The molecule has 21 heavy (non-hydrogen) atoms. The second-order valence-electron chi connectivity index (χ2n) is 4.28. The van der Waals surface area contributed by atoms with E-state index in [0.717, 1.165) is 0 Å². The van der Waals surface area contributed by atoms with Crippen molar-refractivity contribution in [3.8, 4) is 5.75 Å². The van der Waals surface area contributed by atoms with Gasteiger partial charge in [0.05, 0.1) is 23.4 Å². The molecule has 0 aliphatic carbocycles. The van der Waals surface area contributed by atoms with Gasteiger partial charge in [0.15, 0.2) is 0 Å². The van der Waals surface area contributed by atoms with Gasteiger partial charge in [0.2, 0.25) is 0 Å². The molecule has 0 unspecified atom stereocenters. The van der Waals surface area contributed by atoms with Crippen LogP contribution in [0.3, 0.4) is 0 Å². The van der Waals surface area contributed by atoms with E-state index in [2.05, 4.69) is 0 Å². The summed E-state index contributed by atoms with van der Waals surface area (Å²) in [4.78, 5) is 11.9. The molecule has 0 aliphatic rings. The fraction of sp³-hybridized carbons (Fsp3) is 0.133. The highest BCUT2D eigenvalue weighted by atomic mass is 35.5. The second-order valence-corrected chi connectivity index (χ2v) is 4.69. The quantitative estimate of drug-likeness (QED) is 0.694. The van der Waals surface area contributed by atoms with Gasteiger partial charge in [-0.05, 0) is 35.9 Å². The Labute approximate surface area is 126 Å². The minimum Gasteiger partial charge on any atom is -0.495 e. The van der Waals surface area contributed by atoms with Crippen molar-refractivity contribution in [2.75, 3.05) is 12.8 Å². The van der Waals surface area contributed by atoms with Crippen LogP contribution >= 0.6 is 11.6 Å². The molecule has 110 valence electrons. The standard InChI is InChI=1S/C15H13ClFNO3/c1-20-14-7-10(3-5-13(14)18)15(19)21-8-9-2-4-12(17)11(16)6-9/h2-7H,8,18H2,1H3. The summed E-state index contributed by atoms with van der Waals surface area (Å²) in [6.45, 7) is -0.00841. The number of nitrogens with two attached hydrogens (primary N) is 1. The molecule has 6 heteroatoms. The van der Waals surface area contributed by atoms with Crippen LogP contribution in [0.15, 0.2) is 36.4 Å². The maximum atomic E-state index is 13.0. The predicted molar refractivity (Wildman–Crippen MR) is 77.9 cm³/mol. The minimum absolute atomic E-state index is 0.00841. The van der Waals surface area contributed by atoms with E-state index in [1.165, 1.54) is 37.4 Å². The highest BCUT2D eigenvalue weighted by Crippen LogP contribution is 2.23. The highest BCUT2D eigenvalue weighted by Gasteiger charge is 2.11. The van der Waals surface area contributed by atoms with Crippen molar-refractivity contribution in [2.45, 2.75) is 6.61 Å². The van der Waals surface area contributed by atoms with E-state index < -0.39 is 11.8 Å². The van der Waals surface area contributed by atoms with Gasteiger partial charge in [-0.2, -0.15) is 0 Å². The van der Waals surface area contributed by atoms with Gasteiger partial charge in [-0.15, -0.1) is 0 Å². The molecule has 0 saturated carbocycles. The summed E-state index contributed by atoms with van der Waals surface area (Å²) in [6, 6.07) is 8.72. The van der Waals surface area contributed by atoms with E-state index in [1.54, 1.807) is 6.07 Å². The molecule has 0 spiro atoms. The summed E-state index contributed by atoms with van der Waals surface area (Å²) in [5.74, 6) is -0.655. The zero-order valence-electron chi connectivity index (χ0n) is 11.2. The first kappa shape index (κ1) is 15.1. The molecular formula is C15H13ClFNO3. The first-order chi connectivity index (χ1) is 10.0. The molecule has 0 radical (unpaired) electrons. The molecular weight excluding hydrogens is 297 g/mol. The molecule has 2 rings (SSSR count). The Morgan fingerprint density at radius 3 is 2.71 bits per heavy atom. The lowest BCUT2D eigenvalue weighted by Gasteiger charge is -2.08. The van der Waals surface area contributed by atoms with E-state index in [9.17, 15) is 9.18 Å². The molecule has 0 amide bonds. The van der Waals surface area contributed by atoms with E-state index in [0.29, 0.717) is 22.6 Å². The third kappa shape index (κ3) is 3.64. The van der Waals surface area contributed by atoms with Crippen LogP contribution in [-0.2, 0) is 11.3 Å². The monoisotopic (exact) mass is 309 g/mol. The van der Waals surface area contributed by atoms with Crippen LogP contribution in [-0.4, -0.2) is 13.1 Å². The van der Waals surface area contributed by atoms with E-state index in [4.69, 9.17) is 26.8 Å². The van der Waals surface area contributed by atoms with Crippen LogP contribution in [0.4, 0.5) is 10.1 Å². The van der Waals surface area contributed by atoms with Gasteiger partial charge >= 0.3 is 5.97 Å². The Hall–Kier alpha value is -2.27. The van der Waals surface area contributed by atoms with Crippen molar-refractivity contribution in [2.24, 2.45) is 0 Å². The van der Waals surface area contributed by atoms with Gasteiger partial charge < -0.3 is 15.2 Å². The molecule has 2 aromatic carbocycles. The average molecular weight is 310 g/mol. The topological polar surface area (TPSA) is 61.5 Å². The molecule has 2 N–H and O–H groups in total. The lowest BCUT2D eigenvalue weighted by Crippen LogP contribution is -2.06. The van der Waals surface area contributed by atoms with Crippen LogP contribution in [0.25, 0.3) is 0 Å². The van der Waals surface area contributed by atoms with Gasteiger partial charge in [0.1, 0.15) is 18.2 Å². The lowest BCUT2D eigenvalue weighted by atomic mass is 10.2. The zero-order chi connectivity index (χ0) is 15.4. The molecule has 0 bridgehead atoms. The van der Waals surface area contributed by atoms with Crippen molar-refractivity contribution >= 4 is 23.3 Å². The summed E-state index contributed by atoms with van der Waals surface area (Å²) >= 11 is 5.66. The van der Waals surface area contributed by atoms with Crippen LogP contribution in [0.5, 0.6) is 5.75 Å². The number of benzene rings is 2. The number of carbonyl (C=O) groups is 1. The number of carbonyl (C=O) groups excluding carboxylic acids is 1. The molecule has 4 nitrogen and oxygen atoms in total. The van der Waals surface area contributed by atoms with Gasteiger partial charge in [-0.25, -0.2) is 9.18 Å². The lowest BCUT2D eigenvalue weighted by molar-refractivity contribution is 0.0472. The maximum Gasteiger partial charge on any atom is 0.338 e. The van der Waals surface area contributed by atoms with Crippen molar-refractivity contribution < 1.29 is 18.7 Å². The number of ether oxygens (including phenoxy) is 2. The SMILES string of the molecule is COc1cc(C(=O)OCc2ccc(F)c(Cl)c2)ccc1N. The third-order valence-electron chi connectivity index (χ3n) is 2.82. The van der Waals surface area contributed by atoms with Crippen LogP contribution in [0, 0.1) is 5.82 Å². The van der Waals surface area contributed by atoms with Crippen molar-refractivity contribution in [1.29, 1.82) is 0 Å². The number of rotatable bonds is 4. The second kappa shape index (κ2) is 6.45. The fourth-order valence-electron chi connectivity index (χ4n) is 1.70. The van der Waals surface area contributed by atoms with Gasteiger partial charge in [-0.1, -0.05) is 17.7 Å². The fourth-order valence-corrected chi connectivity index (χ4v) is 1.90. The molecule has 0 saturated heterocycles. The van der Waals surface area contributed by atoms with Gasteiger partial charge in [0.25, 0.3) is 0 Å². The minimum atomic E-state index is -0.534. The zero-order valence-corrected chi connectivity index (χ0v) is 12.0. The van der Waals surface area contributed by atoms with Crippen molar-refractivity contribution in [3.05, 3.63) is 58.4 Å². The molecule has 0 heterocycles. The van der Waals surface area contributed by atoms with Crippen LogP contribution in [0.1, 0.15) is 15.9 Å². The Morgan fingerprint density at radius 1 is 1.29 bits per heavy atom. The number of nitrogen functional groups attached to an aromatic ring is 1. The first-order valence-corrected chi connectivity index (χ1v) is 6.43. The normalized spacial score (nSPS) is 10.2.